The van der Waals surface area contributed by atoms with Gasteiger partial charge < -0.3 is 5.73 Å². The van der Waals surface area contributed by atoms with Crippen LogP contribution in [0.4, 0.5) is 0 Å². The molecule has 1 aromatic heterocycles. The van der Waals surface area contributed by atoms with Gasteiger partial charge in [0.05, 0.1) is 11.7 Å². The van der Waals surface area contributed by atoms with Crippen molar-refractivity contribution in [2.24, 2.45) is 5.73 Å². The summed E-state index contributed by atoms with van der Waals surface area (Å²) in [6.07, 6.45) is 1.18. The van der Waals surface area contributed by atoms with Crippen LogP contribution in [0.2, 0.25) is 0 Å². The average Bonchev–Trinajstić information content (AvgIpc) is 2.73. The van der Waals surface area contributed by atoms with Crippen LogP contribution < -0.4 is 5.73 Å². The Labute approximate surface area is 103 Å². The van der Waals surface area contributed by atoms with E-state index >= 15 is 0 Å². The lowest BCUT2D eigenvalue weighted by atomic mass is 10.2. The maximum atomic E-state index is 5.81. The van der Waals surface area contributed by atoms with Crippen LogP contribution in [0.15, 0.2) is 5.38 Å². The van der Waals surface area contributed by atoms with E-state index in [1.807, 2.05) is 6.92 Å². The van der Waals surface area contributed by atoms with Crippen LogP contribution in [0, 0.1) is 0 Å². The van der Waals surface area contributed by atoms with Crippen molar-refractivity contribution in [1.82, 2.24) is 9.88 Å². The first kappa shape index (κ1) is 13.6. The number of rotatable bonds is 6. The molecule has 2 unspecified atom stereocenters. The molecule has 0 fully saturated rings. The summed E-state index contributed by atoms with van der Waals surface area (Å²) in [7, 11) is 0. The molecule has 1 aromatic rings. The molecule has 0 saturated heterocycles. The first-order valence-corrected chi connectivity index (χ1v) is 6.90. The highest BCUT2D eigenvalue weighted by Gasteiger charge is 2.13. The fraction of sp³-hybridized carbons (Fsp3) is 0.750. The van der Waals surface area contributed by atoms with Gasteiger partial charge in [0.25, 0.3) is 0 Å². The summed E-state index contributed by atoms with van der Waals surface area (Å²) in [4.78, 5) is 7.01. The average molecular weight is 241 g/mol. The molecule has 92 valence electrons. The molecule has 1 rings (SSSR count). The van der Waals surface area contributed by atoms with E-state index in [9.17, 15) is 0 Å². The van der Waals surface area contributed by atoms with Crippen LogP contribution in [0.5, 0.6) is 0 Å². The molecule has 3 nitrogen and oxygen atoms in total. The lowest BCUT2D eigenvalue weighted by molar-refractivity contribution is 0.204. The summed E-state index contributed by atoms with van der Waals surface area (Å²) in [5, 5.41) is 3.17. The molecule has 0 bridgehead atoms. The van der Waals surface area contributed by atoms with Crippen LogP contribution in [0.1, 0.15) is 50.9 Å². The third kappa shape index (κ3) is 3.54. The van der Waals surface area contributed by atoms with Crippen molar-refractivity contribution < 1.29 is 0 Å². The van der Waals surface area contributed by atoms with E-state index in [1.165, 1.54) is 6.42 Å². The Morgan fingerprint density at radius 1 is 1.44 bits per heavy atom. The Hall–Kier alpha value is -0.450. The Bertz CT molecular complexity index is 309. The molecule has 0 radical (unpaired) electrons. The van der Waals surface area contributed by atoms with Gasteiger partial charge >= 0.3 is 0 Å². The topological polar surface area (TPSA) is 42.1 Å². The second-order valence-corrected chi connectivity index (χ2v) is 5.18. The molecule has 0 spiro atoms. The number of hydrogen-bond donors (Lipinski definition) is 1. The number of aromatic nitrogens is 1. The predicted octanol–water partition coefficient (Wildman–Crippen LogP) is 2.78. The summed E-state index contributed by atoms with van der Waals surface area (Å²) in [5.41, 5.74) is 6.96. The van der Waals surface area contributed by atoms with E-state index in [-0.39, 0.29) is 6.04 Å². The van der Waals surface area contributed by atoms with Crippen molar-refractivity contribution in [2.45, 2.75) is 52.7 Å². The lowest BCUT2D eigenvalue weighted by Crippen LogP contribution is -2.31. The van der Waals surface area contributed by atoms with Gasteiger partial charge in [-0.05, 0) is 26.8 Å². The van der Waals surface area contributed by atoms with E-state index < -0.39 is 0 Å². The highest BCUT2D eigenvalue weighted by Crippen LogP contribution is 2.18. The maximum Gasteiger partial charge on any atom is 0.109 e. The Kier molecular flexibility index (Phi) is 5.38. The van der Waals surface area contributed by atoms with Crippen molar-refractivity contribution in [3.63, 3.8) is 0 Å². The highest BCUT2D eigenvalue weighted by atomic mass is 32.1. The molecular formula is C12H23N3S. The summed E-state index contributed by atoms with van der Waals surface area (Å²) < 4.78 is 0. The SMILES string of the molecule is CCC(C)N(CC)Cc1csc(C(C)N)n1. The molecule has 0 saturated carbocycles. The first-order valence-electron chi connectivity index (χ1n) is 6.02. The quantitative estimate of drug-likeness (QED) is 0.832. The standard InChI is InChI=1S/C12H23N3S/c1-5-9(3)15(6-2)7-11-8-16-12(14-11)10(4)13/h8-10H,5-7,13H2,1-4H3. The molecular weight excluding hydrogens is 218 g/mol. The van der Waals surface area contributed by atoms with Crippen LogP contribution >= 0.6 is 11.3 Å². The zero-order valence-electron chi connectivity index (χ0n) is 10.7. The number of nitrogens with two attached hydrogens (primary N) is 1. The molecule has 1 heterocycles. The van der Waals surface area contributed by atoms with Crippen LogP contribution in [-0.2, 0) is 6.54 Å². The van der Waals surface area contributed by atoms with Gasteiger partial charge in [-0.3, -0.25) is 4.90 Å². The normalized spacial score (nSPS) is 15.4. The largest absolute Gasteiger partial charge is 0.322 e. The summed E-state index contributed by atoms with van der Waals surface area (Å²) >= 11 is 1.67. The fourth-order valence-corrected chi connectivity index (χ4v) is 2.42. The molecule has 4 heteroatoms. The molecule has 2 atom stereocenters. The zero-order valence-corrected chi connectivity index (χ0v) is 11.5. The van der Waals surface area contributed by atoms with Crippen LogP contribution in [-0.4, -0.2) is 22.5 Å². The van der Waals surface area contributed by atoms with E-state index in [0.717, 1.165) is 23.8 Å². The molecule has 16 heavy (non-hydrogen) atoms. The predicted molar refractivity (Wildman–Crippen MR) is 70.6 cm³/mol. The summed E-state index contributed by atoms with van der Waals surface area (Å²) in [6, 6.07) is 0.669. The number of hydrogen-bond acceptors (Lipinski definition) is 4. The molecule has 0 aliphatic heterocycles. The van der Waals surface area contributed by atoms with Gasteiger partial charge in [-0.2, -0.15) is 0 Å². The van der Waals surface area contributed by atoms with E-state index in [0.29, 0.717) is 6.04 Å². The maximum absolute atomic E-state index is 5.81. The molecule has 0 aliphatic carbocycles. The van der Waals surface area contributed by atoms with Crippen molar-refractivity contribution in [2.75, 3.05) is 6.54 Å². The van der Waals surface area contributed by atoms with E-state index in [4.69, 9.17) is 5.73 Å². The van der Waals surface area contributed by atoms with Gasteiger partial charge in [-0.1, -0.05) is 13.8 Å². The third-order valence-electron chi connectivity index (χ3n) is 2.94. The third-order valence-corrected chi connectivity index (χ3v) is 4.04. The van der Waals surface area contributed by atoms with Crippen molar-refractivity contribution in [1.29, 1.82) is 0 Å². The smallest absolute Gasteiger partial charge is 0.109 e. The van der Waals surface area contributed by atoms with Crippen molar-refractivity contribution in [3.05, 3.63) is 16.1 Å². The summed E-state index contributed by atoms with van der Waals surface area (Å²) in [5.74, 6) is 0. The fourth-order valence-electron chi connectivity index (χ4n) is 1.65. The van der Waals surface area contributed by atoms with E-state index in [1.54, 1.807) is 11.3 Å². The van der Waals surface area contributed by atoms with Crippen molar-refractivity contribution in [3.8, 4) is 0 Å². The Morgan fingerprint density at radius 3 is 2.56 bits per heavy atom. The van der Waals surface area contributed by atoms with Gasteiger partial charge in [0.2, 0.25) is 0 Å². The van der Waals surface area contributed by atoms with Crippen LogP contribution in [0.3, 0.4) is 0 Å². The van der Waals surface area contributed by atoms with Gasteiger partial charge in [-0.15, -0.1) is 11.3 Å². The molecule has 0 amide bonds. The molecule has 2 N–H and O–H groups in total. The highest BCUT2D eigenvalue weighted by molar-refractivity contribution is 7.09. The molecule has 0 aliphatic rings. The minimum absolute atomic E-state index is 0.0532. The van der Waals surface area contributed by atoms with Gasteiger partial charge in [0.1, 0.15) is 5.01 Å². The first-order chi connectivity index (χ1) is 7.58. The van der Waals surface area contributed by atoms with Gasteiger partial charge in [-0.25, -0.2) is 4.98 Å². The minimum Gasteiger partial charge on any atom is -0.322 e. The van der Waals surface area contributed by atoms with Gasteiger partial charge in [0, 0.05) is 18.0 Å². The van der Waals surface area contributed by atoms with Crippen molar-refractivity contribution >= 4 is 11.3 Å². The van der Waals surface area contributed by atoms with Crippen LogP contribution in [0.25, 0.3) is 0 Å². The molecule has 0 aromatic carbocycles. The second kappa shape index (κ2) is 6.33. The number of thiazole rings is 1. The van der Waals surface area contributed by atoms with Gasteiger partial charge in [0.15, 0.2) is 0 Å². The summed E-state index contributed by atoms with van der Waals surface area (Å²) in [6.45, 7) is 10.7. The lowest BCUT2D eigenvalue weighted by Gasteiger charge is -2.25. The second-order valence-electron chi connectivity index (χ2n) is 4.29. The number of nitrogens with zero attached hydrogens (tertiary/aromatic N) is 2. The minimum atomic E-state index is 0.0532. The monoisotopic (exact) mass is 241 g/mol. The zero-order chi connectivity index (χ0) is 12.1. The Morgan fingerprint density at radius 2 is 2.12 bits per heavy atom. The Balaban J connectivity index is 2.63. The van der Waals surface area contributed by atoms with E-state index in [2.05, 4.69) is 36.0 Å².